The van der Waals surface area contributed by atoms with Crippen LogP contribution in [0.15, 0.2) is 34.5 Å². The Morgan fingerprint density at radius 1 is 1.33 bits per heavy atom. The summed E-state index contributed by atoms with van der Waals surface area (Å²) in [5.41, 5.74) is 2.32. The van der Waals surface area contributed by atoms with Crippen molar-refractivity contribution in [1.82, 2.24) is 15.0 Å². The Kier molecular flexibility index (Phi) is 5.36. The fourth-order valence-electron chi connectivity index (χ4n) is 2.59. The van der Waals surface area contributed by atoms with Crippen molar-refractivity contribution in [3.63, 3.8) is 0 Å². The van der Waals surface area contributed by atoms with Crippen LogP contribution in [0.5, 0.6) is 0 Å². The van der Waals surface area contributed by atoms with Crippen molar-refractivity contribution in [1.29, 1.82) is 0 Å². The highest BCUT2D eigenvalue weighted by Gasteiger charge is 2.16. The molecule has 0 aliphatic heterocycles. The predicted molar refractivity (Wildman–Crippen MR) is 102 cm³/mol. The summed E-state index contributed by atoms with van der Waals surface area (Å²) in [6.07, 6.45) is 5.61. The molecule has 0 fully saturated rings. The van der Waals surface area contributed by atoms with E-state index in [1.165, 1.54) is 10.4 Å². The number of nitrogens with zero attached hydrogens (tertiary/aromatic N) is 2. The lowest BCUT2D eigenvalue weighted by atomic mass is 9.98. The van der Waals surface area contributed by atoms with Gasteiger partial charge in [-0.1, -0.05) is 32.0 Å². The van der Waals surface area contributed by atoms with E-state index < -0.39 is 0 Å². The molecule has 4 nitrogen and oxygen atoms in total. The number of thiophene rings is 1. The molecule has 3 aromatic rings. The molecule has 0 amide bonds. The molecule has 0 saturated carbocycles. The van der Waals surface area contributed by atoms with E-state index in [1.807, 2.05) is 12.1 Å². The molecule has 0 aliphatic rings. The van der Waals surface area contributed by atoms with Crippen LogP contribution in [0.25, 0.3) is 10.2 Å². The highest BCUT2D eigenvalue weighted by atomic mass is 32.2. The van der Waals surface area contributed by atoms with Crippen LogP contribution >= 0.6 is 23.1 Å². The molecule has 0 radical (unpaired) electrons. The summed E-state index contributed by atoms with van der Waals surface area (Å²) in [4.78, 5) is 26.3. The minimum absolute atomic E-state index is 0.0140. The molecule has 0 bridgehead atoms. The van der Waals surface area contributed by atoms with Gasteiger partial charge in [-0.2, -0.15) is 0 Å². The van der Waals surface area contributed by atoms with Gasteiger partial charge in [0.15, 0.2) is 5.16 Å². The van der Waals surface area contributed by atoms with E-state index in [2.05, 4.69) is 35.7 Å². The van der Waals surface area contributed by atoms with Crippen LogP contribution in [0, 0.1) is 12.8 Å². The number of aromatic amines is 1. The van der Waals surface area contributed by atoms with Crippen molar-refractivity contribution in [2.45, 2.75) is 44.5 Å². The van der Waals surface area contributed by atoms with Gasteiger partial charge in [0.05, 0.1) is 5.39 Å². The highest BCUT2D eigenvalue weighted by Crippen LogP contribution is 2.31. The summed E-state index contributed by atoms with van der Waals surface area (Å²) >= 11 is 3.18. The fourth-order valence-corrected chi connectivity index (χ4v) is 4.52. The van der Waals surface area contributed by atoms with E-state index in [-0.39, 0.29) is 5.56 Å². The van der Waals surface area contributed by atoms with E-state index in [1.54, 1.807) is 35.5 Å². The van der Waals surface area contributed by atoms with Gasteiger partial charge in [-0.15, -0.1) is 11.3 Å². The van der Waals surface area contributed by atoms with Crippen molar-refractivity contribution < 1.29 is 0 Å². The van der Waals surface area contributed by atoms with Gasteiger partial charge in [0.2, 0.25) is 0 Å². The Bertz CT molecular complexity index is 886. The minimum Gasteiger partial charge on any atom is -0.301 e. The molecular formula is C18H21N3OS2. The van der Waals surface area contributed by atoms with Crippen molar-refractivity contribution in [3.8, 4) is 0 Å². The zero-order chi connectivity index (χ0) is 17.1. The molecule has 3 aromatic heterocycles. The van der Waals surface area contributed by atoms with Crippen molar-refractivity contribution in [2.24, 2.45) is 5.92 Å². The number of fused-ring (bicyclic) bond motifs is 1. The third-order valence-electron chi connectivity index (χ3n) is 4.22. The van der Waals surface area contributed by atoms with Crippen LogP contribution in [0.1, 0.15) is 36.3 Å². The van der Waals surface area contributed by atoms with Gasteiger partial charge in [0, 0.05) is 23.0 Å². The van der Waals surface area contributed by atoms with Crippen molar-refractivity contribution in [3.05, 3.63) is 50.9 Å². The summed E-state index contributed by atoms with van der Waals surface area (Å²) < 4.78 is 0. The quantitative estimate of drug-likeness (QED) is 0.517. The average Bonchev–Trinajstić information content (AvgIpc) is 2.89. The number of rotatable bonds is 6. The second-order valence-electron chi connectivity index (χ2n) is 6.05. The fraction of sp³-hybridized carbons (Fsp3) is 0.389. The monoisotopic (exact) mass is 359 g/mol. The van der Waals surface area contributed by atoms with Gasteiger partial charge in [0.25, 0.3) is 5.56 Å². The first-order valence-corrected chi connectivity index (χ1v) is 9.92. The van der Waals surface area contributed by atoms with Gasteiger partial charge in [-0.05, 0) is 42.5 Å². The topological polar surface area (TPSA) is 58.6 Å². The summed E-state index contributed by atoms with van der Waals surface area (Å²) in [6.45, 7) is 6.50. The average molecular weight is 360 g/mol. The van der Waals surface area contributed by atoms with E-state index in [4.69, 9.17) is 0 Å². The first-order valence-electron chi connectivity index (χ1n) is 8.12. The van der Waals surface area contributed by atoms with Gasteiger partial charge in [-0.25, -0.2) is 4.98 Å². The zero-order valence-electron chi connectivity index (χ0n) is 14.1. The summed E-state index contributed by atoms with van der Waals surface area (Å²) in [6, 6.07) is 3.95. The Labute approximate surface area is 149 Å². The van der Waals surface area contributed by atoms with Crippen LogP contribution in [0.3, 0.4) is 0 Å². The molecular weight excluding hydrogens is 338 g/mol. The van der Waals surface area contributed by atoms with Crippen molar-refractivity contribution >= 4 is 33.3 Å². The lowest BCUT2D eigenvalue weighted by molar-refractivity contribution is 0.561. The number of aromatic nitrogens is 3. The third kappa shape index (κ3) is 3.70. The lowest BCUT2D eigenvalue weighted by Gasteiger charge is -2.08. The number of nitrogens with one attached hydrogen (secondary N) is 1. The number of hydrogen-bond acceptors (Lipinski definition) is 5. The van der Waals surface area contributed by atoms with E-state index in [0.717, 1.165) is 34.4 Å². The molecule has 1 unspecified atom stereocenters. The molecule has 126 valence electrons. The van der Waals surface area contributed by atoms with Crippen molar-refractivity contribution in [2.75, 3.05) is 0 Å². The molecule has 6 heteroatoms. The maximum atomic E-state index is 12.6. The number of thioether (sulfide) groups is 1. The molecule has 3 heterocycles. The Balaban J connectivity index is 1.89. The Morgan fingerprint density at radius 3 is 2.79 bits per heavy atom. The first kappa shape index (κ1) is 17.2. The maximum Gasteiger partial charge on any atom is 0.260 e. The van der Waals surface area contributed by atoms with Crippen LogP contribution in [-0.4, -0.2) is 15.0 Å². The largest absolute Gasteiger partial charge is 0.301 e. The number of aryl methyl sites for hydroxylation is 1. The van der Waals surface area contributed by atoms with Gasteiger partial charge >= 0.3 is 0 Å². The normalized spacial score (nSPS) is 12.6. The molecule has 0 spiro atoms. The van der Waals surface area contributed by atoms with Gasteiger partial charge in [-0.3, -0.25) is 9.78 Å². The van der Waals surface area contributed by atoms with Gasteiger partial charge < -0.3 is 4.98 Å². The SMILES string of the molecule is CCC(C)Cc1c(C)sc2nc(SCc3ccncc3)[nH]c(=O)c12. The van der Waals surface area contributed by atoms with E-state index in [9.17, 15) is 4.79 Å². The van der Waals surface area contributed by atoms with E-state index >= 15 is 0 Å². The molecule has 0 saturated heterocycles. The summed E-state index contributed by atoms with van der Waals surface area (Å²) in [7, 11) is 0. The smallest absolute Gasteiger partial charge is 0.260 e. The standard InChI is InChI=1S/C18H21N3OS2/c1-4-11(2)9-14-12(3)24-17-15(14)16(22)20-18(21-17)23-10-13-5-7-19-8-6-13/h5-8,11H,4,9-10H2,1-3H3,(H,20,21,22). The molecule has 1 N–H and O–H groups in total. The number of hydrogen-bond donors (Lipinski definition) is 1. The summed E-state index contributed by atoms with van der Waals surface area (Å²) in [5.74, 6) is 1.34. The molecule has 0 aliphatic carbocycles. The first-order chi connectivity index (χ1) is 11.6. The zero-order valence-corrected chi connectivity index (χ0v) is 15.8. The molecule has 0 aromatic carbocycles. The second kappa shape index (κ2) is 7.49. The van der Waals surface area contributed by atoms with Crippen LogP contribution in [0.2, 0.25) is 0 Å². The molecule has 24 heavy (non-hydrogen) atoms. The third-order valence-corrected chi connectivity index (χ3v) is 6.20. The number of pyridine rings is 1. The van der Waals surface area contributed by atoms with Crippen LogP contribution in [0.4, 0.5) is 0 Å². The maximum absolute atomic E-state index is 12.6. The molecule has 1 atom stereocenters. The number of H-pyrrole nitrogens is 1. The van der Waals surface area contributed by atoms with E-state index in [0.29, 0.717) is 11.1 Å². The minimum atomic E-state index is -0.0140. The Morgan fingerprint density at radius 2 is 2.08 bits per heavy atom. The molecule has 3 rings (SSSR count). The summed E-state index contributed by atoms with van der Waals surface area (Å²) in [5, 5.41) is 1.46. The van der Waals surface area contributed by atoms with Crippen LogP contribution < -0.4 is 5.56 Å². The van der Waals surface area contributed by atoms with Gasteiger partial charge in [0.1, 0.15) is 4.83 Å². The second-order valence-corrected chi connectivity index (χ2v) is 8.22. The lowest BCUT2D eigenvalue weighted by Crippen LogP contribution is -2.11. The van der Waals surface area contributed by atoms with Crippen LogP contribution in [-0.2, 0) is 12.2 Å². The predicted octanol–water partition coefficient (Wildman–Crippen LogP) is 4.57. The highest BCUT2D eigenvalue weighted by molar-refractivity contribution is 7.98. The Hall–Kier alpha value is -1.66.